The number of carbonyl (C=O) groups excluding carboxylic acids is 1. The number of benzene rings is 2. The number of nitrogens with zero attached hydrogens (tertiary/aromatic N) is 2. The lowest BCUT2D eigenvalue weighted by atomic mass is 10.2. The third-order valence-electron chi connectivity index (χ3n) is 3.76. The minimum atomic E-state index is -4.05. The fourth-order valence-corrected chi connectivity index (χ4v) is 3.89. The molecule has 0 aliphatic carbocycles. The fraction of sp³-hybridized carbons (Fsp3) is 0.188. The van der Waals surface area contributed by atoms with Crippen LogP contribution in [-0.2, 0) is 21.4 Å². The van der Waals surface area contributed by atoms with Crippen molar-refractivity contribution in [1.82, 2.24) is 9.79 Å². The van der Waals surface area contributed by atoms with Crippen LogP contribution in [0.5, 0.6) is 0 Å². The quantitative estimate of drug-likeness (QED) is 0.428. The summed E-state index contributed by atoms with van der Waals surface area (Å²) < 4.78 is 26.8. The van der Waals surface area contributed by atoms with Gasteiger partial charge in [-0.15, -0.1) is 0 Å². The second-order valence-corrected chi connectivity index (χ2v) is 7.33. The Morgan fingerprint density at radius 1 is 1.19 bits per heavy atom. The highest BCUT2D eigenvalue weighted by atomic mass is 32.2. The molecular formula is C16H17N3O6S. The van der Waals surface area contributed by atoms with Crippen molar-refractivity contribution >= 4 is 21.6 Å². The average Bonchev–Trinajstić information content (AvgIpc) is 2.65. The van der Waals surface area contributed by atoms with Gasteiger partial charge >= 0.3 is 0 Å². The Hall–Kier alpha value is -2.82. The van der Waals surface area contributed by atoms with Crippen molar-refractivity contribution in [1.29, 1.82) is 0 Å². The zero-order valence-electron chi connectivity index (χ0n) is 13.8. The van der Waals surface area contributed by atoms with Crippen LogP contribution in [0.3, 0.4) is 0 Å². The molecule has 0 bridgehead atoms. The van der Waals surface area contributed by atoms with Crippen LogP contribution in [0, 0.1) is 10.1 Å². The van der Waals surface area contributed by atoms with E-state index in [9.17, 15) is 23.3 Å². The molecule has 9 nitrogen and oxygen atoms in total. The van der Waals surface area contributed by atoms with Crippen molar-refractivity contribution in [2.24, 2.45) is 0 Å². The van der Waals surface area contributed by atoms with Crippen LogP contribution < -0.4 is 5.48 Å². The molecule has 0 saturated heterocycles. The van der Waals surface area contributed by atoms with Crippen LogP contribution in [-0.4, -0.2) is 34.8 Å². The predicted octanol–water partition coefficient (Wildman–Crippen LogP) is 1.68. The maximum atomic E-state index is 12.9. The molecule has 138 valence electrons. The molecule has 0 saturated carbocycles. The van der Waals surface area contributed by atoms with Gasteiger partial charge < -0.3 is 0 Å². The number of hydrogen-bond donors (Lipinski definition) is 2. The lowest BCUT2D eigenvalue weighted by Crippen LogP contribution is -2.46. The maximum absolute atomic E-state index is 12.9. The highest BCUT2D eigenvalue weighted by Gasteiger charge is 2.33. The minimum absolute atomic E-state index is 0.0144. The van der Waals surface area contributed by atoms with E-state index in [0.29, 0.717) is 5.56 Å². The van der Waals surface area contributed by atoms with Gasteiger partial charge in [-0.25, -0.2) is 13.9 Å². The van der Waals surface area contributed by atoms with Crippen LogP contribution in [0.25, 0.3) is 0 Å². The van der Waals surface area contributed by atoms with Gasteiger partial charge in [0.1, 0.15) is 6.04 Å². The first kappa shape index (κ1) is 19.5. The van der Waals surface area contributed by atoms with Gasteiger partial charge in [0, 0.05) is 18.7 Å². The summed E-state index contributed by atoms with van der Waals surface area (Å²) in [6.07, 6.45) is 0. The van der Waals surface area contributed by atoms with E-state index in [4.69, 9.17) is 5.21 Å². The SMILES string of the molecule is C[C@@H](C(=O)NO)N(Cc1ccc([N+](=O)[O-])cc1)S(=O)(=O)c1ccccc1. The number of nitro benzene ring substituents is 1. The van der Waals surface area contributed by atoms with Crippen LogP contribution in [0.2, 0.25) is 0 Å². The standard InChI is InChI=1S/C16H17N3O6S/c1-12(16(20)17-21)18(26(24,25)15-5-3-2-4-6-15)11-13-7-9-14(10-8-13)19(22)23/h2-10,12,21H,11H2,1H3,(H,17,20)/t12-/m0/s1. The van der Waals surface area contributed by atoms with E-state index in [0.717, 1.165) is 4.31 Å². The van der Waals surface area contributed by atoms with E-state index in [1.807, 2.05) is 0 Å². The number of sulfonamides is 1. The Labute approximate surface area is 150 Å². The number of nitrogens with one attached hydrogen (secondary N) is 1. The lowest BCUT2D eigenvalue weighted by molar-refractivity contribution is -0.384. The molecule has 2 N–H and O–H groups in total. The molecule has 2 rings (SSSR count). The van der Waals surface area contributed by atoms with Crippen LogP contribution in [0.1, 0.15) is 12.5 Å². The Morgan fingerprint density at radius 2 is 1.77 bits per heavy atom. The van der Waals surface area contributed by atoms with Gasteiger partial charge in [0.05, 0.1) is 9.82 Å². The summed E-state index contributed by atoms with van der Waals surface area (Å²) in [5.74, 6) is -0.897. The second-order valence-electron chi connectivity index (χ2n) is 5.44. The molecule has 0 heterocycles. The van der Waals surface area contributed by atoms with Crippen molar-refractivity contribution in [3.63, 3.8) is 0 Å². The van der Waals surface area contributed by atoms with E-state index in [-0.39, 0.29) is 17.1 Å². The maximum Gasteiger partial charge on any atom is 0.269 e. The molecule has 0 radical (unpaired) electrons. The van der Waals surface area contributed by atoms with Gasteiger partial charge in [0.25, 0.3) is 11.6 Å². The first-order valence-corrected chi connectivity index (χ1v) is 8.95. The topological polar surface area (TPSA) is 130 Å². The zero-order chi connectivity index (χ0) is 19.3. The molecule has 1 amide bonds. The number of nitro groups is 1. The van der Waals surface area contributed by atoms with Crippen molar-refractivity contribution in [2.75, 3.05) is 0 Å². The predicted molar refractivity (Wildman–Crippen MR) is 91.7 cm³/mol. The smallest absolute Gasteiger partial charge is 0.269 e. The number of hydroxylamine groups is 1. The van der Waals surface area contributed by atoms with Gasteiger partial charge in [0.2, 0.25) is 10.0 Å². The van der Waals surface area contributed by atoms with Gasteiger partial charge in [0.15, 0.2) is 0 Å². The van der Waals surface area contributed by atoms with Crippen molar-refractivity contribution < 1.29 is 23.3 Å². The fourth-order valence-electron chi connectivity index (χ4n) is 2.29. The van der Waals surface area contributed by atoms with Crippen LogP contribution in [0.4, 0.5) is 5.69 Å². The van der Waals surface area contributed by atoms with Crippen molar-refractivity contribution in [3.05, 3.63) is 70.3 Å². The Balaban J connectivity index is 2.41. The highest BCUT2D eigenvalue weighted by Crippen LogP contribution is 2.22. The van der Waals surface area contributed by atoms with E-state index in [2.05, 4.69) is 0 Å². The minimum Gasteiger partial charge on any atom is -0.289 e. The Morgan fingerprint density at radius 3 is 2.27 bits per heavy atom. The molecule has 10 heteroatoms. The summed E-state index contributed by atoms with van der Waals surface area (Å²) in [7, 11) is -4.05. The summed E-state index contributed by atoms with van der Waals surface area (Å²) in [6, 6.07) is 11.7. The van der Waals surface area contributed by atoms with Crippen molar-refractivity contribution in [3.8, 4) is 0 Å². The first-order chi connectivity index (χ1) is 12.3. The molecule has 0 unspecified atom stereocenters. The normalized spacial score (nSPS) is 12.6. The Bertz CT molecular complexity index is 884. The zero-order valence-corrected chi connectivity index (χ0v) is 14.6. The summed E-state index contributed by atoms with van der Waals surface area (Å²) in [5, 5.41) is 19.6. The van der Waals surface area contributed by atoms with Gasteiger partial charge in [-0.2, -0.15) is 4.31 Å². The van der Waals surface area contributed by atoms with E-state index in [1.54, 1.807) is 18.2 Å². The van der Waals surface area contributed by atoms with E-state index < -0.39 is 26.9 Å². The molecule has 0 aliphatic rings. The highest BCUT2D eigenvalue weighted by molar-refractivity contribution is 7.89. The molecule has 2 aromatic rings. The monoisotopic (exact) mass is 379 g/mol. The summed E-state index contributed by atoms with van der Waals surface area (Å²) in [4.78, 5) is 22.0. The number of amides is 1. The van der Waals surface area contributed by atoms with Gasteiger partial charge in [-0.1, -0.05) is 30.3 Å². The molecule has 2 aromatic carbocycles. The third-order valence-corrected chi connectivity index (χ3v) is 5.69. The molecule has 26 heavy (non-hydrogen) atoms. The summed E-state index contributed by atoms with van der Waals surface area (Å²) >= 11 is 0. The van der Waals surface area contributed by atoms with E-state index >= 15 is 0 Å². The first-order valence-electron chi connectivity index (χ1n) is 7.51. The number of non-ortho nitro benzene ring substituents is 1. The number of rotatable bonds is 7. The largest absolute Gasteiger partial charge is 0.289 e. The third kappa shape index (κ3) is 4.23. The molecule has 0 spiro atoms. The number of hydrogen-bond acceptors (Lipinski definition) is 6. The average molecular weight is 379 g/mol. The Kier molecular flexibility index (Phi) is 6.03. The molecule has 1 atom stereocenters. The molecular weight excluding hydrogens is 362 g/mol. The lowest BCUT2D eigenvalue weighted by Gasteiger charge is -2.27. The second kappa shape index (κ2) is 8.04. The van der Waals surface area contributed by atoms with Gasteiger partial charge in [-0.3, -0.25) is 20.1 Å². The molecule has 0 aromatic heterocycles. The van der Waals surface area contributed by atoms with Crippen molar-refractivity contribution in [2.45, 2.75) is 24.4 Å². The molecule has 0 fully saturated rings. The summed E-state index contributed by atoms with van der Waals surface area (Å²) in [6.45, 7) is 1.13. The van der Waals surface area contributed by atoms with Gasteiger partial charge in [-0.05, 0) is 24.6 Å². The van der Waals surface area contributed by atoms with Crippen LogP contribution >= 0.6 is 0 Å². The van der Waals surface area contributed by atoms with Crippen LogP contribution in [0.15, 0.2) is 59.5 Å². The summed E-state index contributed by atoms with van der Waals surface area (Å²) in [5.41, 5.74) is 1.76. The molecule has 0 aliphatic heterocycles. The number of carbonyl (C=O) groups is 1. The van der Waals surface area contributed by atoms with E-state index in [1.165, 1.54) is 48.8 Å².